The summed E-state index contributed by atoms with van der Waals surface area (Å²) in [5, 5.41) is 15.2. The Labute approximate surface area is 155 Å². The Morgan fingerprint density at radius 2 is 1.88 bits per heavy atom. The maximum absolute atomic E-state index is 12.1. The van der Waals surface area contributed by atoms with E-state index in [0.717, 1.165) is 5.56 Å². The van der Waals surface area contributed by atoms with Gasteiger partial charge >= 0.3 is 0 Å². The summed E-state index contributed by atoms with van der Waals surface area (Å²) in [6.45, 7) is 2.12. The Bertz CT molecular complexity index is 802. The monoisotopic (exact) mass is 382 g/mol. The van der Waals surface area contributed by atoms with E-state index in [1.165, 1.54) is 0 Å². The van der Waals surface area contributed by atoms with Gasteiger partial charge in [-0.15, -0.1) is 0 Å². The van der Waals surface area contributed by atoms with Crippen molar-refractivity contribution in [2.24, 2.45) is 0 Å². The lowest BCUT2D eigenvalue weighted by atomic mass is 10.1. The van der Waals surface area contributed by atoms with Crippen molar-refractivity contribution >= 4 is 46.4 Å². The van der Waals surface area contributed by atoms with E-state index in [1.807, 2.05) is 24.4 Å². The molecule has 2 aromatic carbocycles. The number of halogens is 3. The first kappa shape index (κ1) is 18.6. The van der Waals surface area contributed by atoms with E-state index in [9.17, 15) is 4.79 Å². The molecule has 0 aliphatic rings. The fourth-order valence-corrected chi connectivity index (χ4v) is 2.95. The van der Waals surface area contributed by atoms with Crippen LogP contribution in [0, 0.1) is 11.3 Å². The third kappa shape index (κ3) is 4.86. The molecule has 0 heterocycles. The fourth-order valence-electron chi connectivity index (χ4n) is 2.20. The summed E-state index contributed by atoms with van der Waals surface area (Å²) >= 11 is 18.0. The van der Waals surface area contributed by atoms with Gasteiger partial charge in [0, 0.05) is 15.6 Å². The second-order valence-corrected chi connectivity index (χ2v) is 6.52. The van der Waals surface area contributed by atoms with E-state index in [-0.39, 0.29) is 18.5 Å². The number of rotatable bonds is 5. The van der Waals surface area contributed by atoms with Gasteiger partial charge in [-0.2, -0.15) is 5.26 Å². The van der Waals surface area contributed by atoms with Crippen molar-refractivity contribution in [3.8, 4) is 6.07 Å². The molecular weight excluding hydrogens is 369 g/mol. The van der Waals surface area contributed by atoms with Crippen LogP contribution in [-0.4, -0.2) is 12.5 Å². The Balaban J connectivity index is 1.98. The first-order valence-electron chi connectivity index (χ1n) is 7.18. The van der Waals surface area contributed by atoms with Gasteiger partial charge in [-0.3, -0.25) is 4.79 Å². The average Bonchev–Trinajstić information content (AvgIpc) is 2.53. The predicted molar refractivity (Wildman–Crippen MR) is 96.5 cm³/mol. The average molecular weight is 384 g/mol. The lowest BCUT2D eigenvalue weighted by Crippen LogP contribution is -2.86. The van der Waals surface area contributed by atoms with Gasteiger partial charge in [-0.05, 0) is 37.3 Å². The van der Waals surface area contributed by atoms with E-state index in [1.54, 1.807) is 30.3 Å². The molecule has 1 amide bonds. The number of carbonyl (C=O) groups excluding carboxylic acids is 1. The molecule has 0 saturated carbocycles. The lowest BCUT2D eigenvalue weighted by Gasteiger charge is -2.13. The van der Waals surface area contributed by atoms with Crippen molar-refractivity contribution in [2.45, 2.75) is 13.0 Å². The molecule has 7 heteroatoms. The third-order valence-electron chi connectivity index (χ3n) is 3.49. The van der Waals surface area contributed by atoms with E-state index < -0.39 is 0 Å². The molecule has 1 atom stereocenters. The number of nitrogens with zero attached hydrogens (tertiary/aromatic N) is 1. The van der Waals surface area contributed by atoms with Crippen molar-refractivity contribution in [3.63, 3.8) is 0 Å². The molecule has 0 aliphatic heterocycles. The summed E-state index contributed by atoms with van der Waals surface area (Å²) in [5.41, 5.74) is 1.66. The standard InChI is InChI=1S/C17H14Cl3N3O/c1-10(14-5-4-12(18)6-15(14)20)22-9-17(24)23-16-7-13(19)3-2-11(16)8-21/h2-7,10,22H,9H2,1H3,(H,23,24)/p+1/t10-/m0/s1. The maximum Gasteiger partial charge on any atom is 0.279 e. The van der Waals surface area contributed by atoms with Crippen LogP contribution in [0.2, 0.25) is 15.1 Å². The highest BCUT2D eigenvalue weighted by Gasteiger charge is 2.15. The van der Waals surface area contributed by atoms with Crippen LogP contribution in [0.3, 0.4) is 0 Å². The number of hydrogen-bond donors (Lipinski definition) is 2. The first-order valence-corrected chi connectivity index (χ1v) is 8.32. The van der Waals surface area contributed by atoms with E-state index >= 15 is 0 Å². The molecule has 0 bridgehead atoms. The maximum atomic E-state index is 12.1. The molecule has 0 radical (unpaired) electrons. The predicted octanol–water partition coefficient (Wildman–Crippen LogP) is 3.78. The number of carbonyl (C=O) groups is 1. The smallest absolute Gasteiger partial charge is 0.279 e. The molecule has 2 aromatic rings. The van der Waals surface area contributed by atoms with Crippen molar-refractivity contribution < 1.29 is 10.1 Å². The van der Waals surface area contributed by atoms with E-state index in [0.29, 0.717) is 26.3 Å². The van der Waals surface area contributed by atoms with Crippen LogP contribution in [-0.2, 0) is 4.79 Å². The summed E-state index contributed by atoms with van der Waals surface area (Å²) in [6.07, 6.45) is 0. The molecule has 2 rings (SSSR count). The van der Waals surface area contributed by atoms with Gasteiger partial charge in [0.2, 0.25) is 0 Å². The minimum absolute atomic E-state index is 0.0182. The lowest BCUT2D eigenvalue weighted by molar-refractivity contribution is -0.682. The molecule has 124 valence electrons. The molecular formula is C17H15Cl3N3O+. The van der Waals surface area contributed by atoms with E-state index in [2.05, 4.69) is 5.32 Å². The van der Waals surface area contributed by atoms with Gasteiger partial charge in [0.05, 0.1) is 16.3 Å². The number of benzene rings is 2. The number of nitrogens with two attached hydrogens (primary N) is 1. The van der Waals surface area contributed by atoms with Crippen LogP contribution >= 0.6 is 34.8 Å². The van der Waals surface area contributed by atoms with Crippen LogP contribution in [0.4, 0.5) is 5.69 Å². The van der Waals surface area contributed by atoms with Crippen LogP contribution < -0.4 is 10.6 Å². The zero-order chi connectivity index (χ0) is 17.7. The quantitative estimate of drug-likeness (QED) is 0.825. The van der Waals surface area contributed by atoms with Crippen molar-refractivity contribution in [2.75, 3.05) is 11.9 Å². The number of anilines is 1. The molecule has 0 saturated heterocycles. The molecule has 0 unspecified atom stereocenters. The van der Waals surface area contributed by atoms with Gasteiger partial charge in [-0.1, -0.05) is 40.9 Å². The molecule has 0 aliphatic carbocycles. The molecule has 0 fully saturated rings. The molecule has 4 nitrogen and oxygen atoms in total. The van der Waals surface area contributed by atoms with Crippen molar-refractivity contribution in [1.29, 1.82) is 5.26 Å². The number of quaternary nitrogens is 1. The van der Waals surface area contributed by atoms with Gasteiger partial charge in [-0.25, -0.2) is 0 Å². The zero-order valence-electron chi connectivity index (χ0n) is 12.8. The van der Waals surface area contributed by atoms with Gasteiger partial charge < -0.3 is 10.6 Å². The Hall–Kier alpha value is -1.77. The highest BCUT2D eigenvalue weighted by Crippen LogP contribution is 2.24. The summed E-state index contributed by atoms with van der Waals surface area (Å²) in [6, 6.07) is 12.0. The summed E-state index contributed by atoms with van der Waals surface area (Å²) in [4.78, 5) is 12.1. The second-order valence-electron chi connectivity index (χ2n) is 5.24. The Morgan fingerprint density at radius 1 is 1.21 bits per heavy atom. The van der Waals surface area contributed by atoms with Gasteiger partial charge in [0.15, 0.2) is 6.54 Å². The van der Waals surface area contributed by atoms with Crippen molar-refractivity contribution in [1.82, 2.24) is 0 Å². The van der Waals surface area contributed by atoms with Gasteiger partial charge in [0.25, 0.3) is 5.91 Å². The SMILES string of the molecule is C[C@H]([NH2+]CC(=O)Nc1cc(Cl)ccc1C#N)c1ccc(Cl)cc1Cl. The van der Waals surface area contributed by atoms with E-state index in [4.69, 9.17) is 40.1 Å². The molecule has 3 N–H and O–H groups in total. The largest absolute Gasteiger partial charge is 0.332 e. The first-order chi connectivity index (χ1) is 11.4. The number of nitrogens with one attached hydrogen (secondary N) is 1. The van der Waals surface area contributed by atoms with Crippen LogP contribution in [0.25, 0.3) is 0 Å². The molecule has 0 spiro atoms. The number of hydrogen-bond acceptors (Lipinski definition) is 2. The van der Waals surface area contributed by atoms with Crippen LogP contribution in [0.15, 0.2) is 36.4 Å². The highest BCUT2D eigenvalue weighted by atomic mass is 35.5. The minimum Gasteiger partial charge on any atom is -0.332 e. The zero-order valence-corrected chi connectivity index (χ0v) is 15.1. The summed E-state index contributed by atoms with van der Waals surface area (Å²) < 4.78 is 0. The van der Waals surface area contributed by atoms with Crippen LogP contribution in [0.5, 0.6) is 0 Å². The second kappa shape index (κ2) is 8.36. The Morgan fingerprint density at radius 3 is 2.54 bits per heavy atom. The molecule has 24 heavy (non-hydrogen) atoms. The third-order valence-corrected chi connectivity index (χ3v) is 4.28. The molecule has 0 aromatic heterocycles. The number of amides is 1. The highest BCUT2D eigenvalue weighted by molar-refractivity contribution is 6.35. The topological polar surface area (TPSA) is 69.5 Å². The number of nitriles is 1. The van der Waals surface area contributed by atoms with Crippen LogP contribution in [0.1, 0.15) is 24.1 Å². The summed E-state index contributed by atoms with van der Waals surface area (Å²) in [5.74, 6) is -0.231. The minimum atomic E-state index is -0.231. The normalized spacial score (nSPS) is 11.6. The summed E-state index contributed by atoms with van der Waals surface area (Å²) in [7, 11) is 0. The van der Waals surface area contributed by atoms with Crippen molar-refractivity contribution in [3.05, 3.63) is 62.6 Å². The fraction of sp³-hybridized carbons (Fsp3) is 0.176. The Kier molecular flexibility index (Phi) is 6.47. The van der Waals surface area contributed by atoms with Gasteiger partial charge in [0.1, 0.15) is 12.1 Å².